The number of amides is 1. The van der Waals surface area contributed by atoms with Gasteiger partial charge in [0.1, 0.15) is 0 Å². The Kier molecular flexibility index (Phi) is 13.6. The maximum atomic E-state index is 13.2. The molecular weight excluding hydrogens is 439 g/mol. The summed E-state index contributed by atoms with van der Waals surface area (Å²) in [6.45, 7) is 3.84. The van der Waals surface area contributed by atoms with Crippen molar-refractivity contribution in [1.82, 2.24) is 0 Å². The Morgan fingerprint density at radius 2 is 1.28 bits per heavy atom. The zero-order valence-corrected chi connectivity index (χ0v) is 20.1. The molecule has 0 bridgehead atoms. The number of rotatable bonds is 16. The van der Waals surface area contributed by atoms with Gasteiger partial charge in [0.2, 0.25) is 0 Å². The molecule has 1 aromatic rings. The summed E-state index contributed by atoms with van der Waals surface area (Å²) in [5.74, 6) is -1.89. The Morgan fingerprint density at radius 1 is 0.844 bits per heavy atom. The van der Waals surface area contributed by atoms with Gasteiger partial charge in [0.05, 0.1) is 0 Å². The van der Waals surface area contributed by atoms with Gasteiger partial charge in [-0.1, -0.05) is 84.0 Å². The third-order valence-electron chi connectivity index (χ3n) is 5.75. The summed E-state index contributed by atoms with van der Waals surface area (Å²) < 4.78 is 39.5. The SMILES string of the molecule is CCCCCCCCCCCCCCC(C)N(C(=O)C(F)(F)F)c1ccc(C(=O)Cl)cc1. The summed E-state index contributed by atoms with van der Waals surface area (Å²) in [5.41, 5.74) is 0.281. The second kappa shape index (κ2) is 15.3. The number of carbonyl (C=O) groups is 2. The van der Waals surface area contributed by atoms with E-state index in [4.69, 9.17) is 11.6 Å². The average molecular weight is 476 g/mol. The second-order valence-electron chi connectivity index (χ2n) is 8.52. The normalized spacial score (nSPS) is 12.6. The molecule has 0 saturated heterocycles. The zero-order valence-electron chi connectivity index (χ0n) is 19.4. The van der Waals surface area contributed by atoms with Gasteiger partial charge < -0.3 is 4.90 Å². The van der Waals surface area contributed by atoms with Crippen LogP contribution in [0.3, 0.4) is 0 Å². The van der Waals surface area contributed by atoms with Crippen LogP contribution in [0.4, 0.5) is 18.9 Å². The lowest BCUT2D eigenvalue weighted by atomic mass is 10.0. The van der Waals surface area contributed by atoms with Gasteiger partial charge >= 0.3 is 12.1 Å². The van der Waals surface area contributed by atoms with Crippen LogP contribution in [-0.4, -0.2) is 23.4 Å². The fourth-order valence-electron chi connectivity index (χ4n) is 3.87. The number of nitrogens with zero attached hydrogens (tertiary/aromatic N) is 1. The molecule has 0 radical (unpaired) electrons. The third kappa shape index (κ3) is 10.8. The number of benzene rings is 1. The van der Waals surface area contributed by atoms with Crippen molar-refractivity contribution in [2.75, 3.05) is 4.90 Å². The van der Waals surface area contributed by atoms with Crippen LogP contribution in [0.1, 0.15) is 108 Å². The molecule has 1 rings (SSSR count). The molecule has 1 unspecified atom stereocenters. The molecule has 1 amide bonds. The standard InChI is InChI=1S/C25H37ClF3NO2/c1-3-4-5-6-7-8-9-10-11-12-13-14-15-20(2)30(24(32)25(27,28)29)22-18-16-21(17-19-22)23(26)31/h16-20H,3-15H2,1-2H3. The van der Waals surface area contributed by atoms with E-state index in [9.17, 15) is 22.8 Å². The van der Waals surface area contributed by atoms with E-state index >= 15 is 0 Å². The van der Waals surface area contributed by atoms with Crippen molar-refractivity contribution < 1.29 is 22.8 Å². The summed E-state index contributed by atoms with van der Waals surface area (Å²) in [4.78, 5) is 24.0. The summed E-state index contributed by atoms with van der Waals surface area (Å²) >= 11 is 5.40. The maximum Gasteiger partial charge on any atom is 0.471 e. The molecule has 0 heterocycles. The minimum absolute atomic E-state index is 0.112. The quantitative estimate of drug-likeness (QED) is 0.177. The number of hydrogen-bond donors (Lipinski definition) is 0. The topological polar surface area (TPSA) is 37.4 Å². The minimum atomic E-state index is -4.97. The summed E-state index contributed by atoms with van der Waals surface area (Å²) in [7, 11) is 0. The lowest BCUT2D eigenvalue weighted by Gasteiger charge is -2.30. The van der Waals surface area contributed by atoms with Gasteiger partial charge in [-0.15, -0.1) is 0 Å². The van der Waals surface area contributed by atoms with Crippen LogP contribution in [0, 0.1) is 0 Å². The average Bonchev–Trinajstić information content (AvgIpc) is 2.74. The van der Waals surface area contributed by atoms with Gasteiger partial charge in [0.15, 0.2) is 0 Å². The molecule has 0 saturated carbocycles. The molecular formula is C25H37ClF3NO2. The lowest BCUT2D eigenvalue weighted by Crippen LogP contribution is -2.46. The first-order valence-electron chi connectivity index (χ1n) is 11.9. The van der Waals surface area contributed by atoms with E-state index in [0.717, 1.165) is 30.6 Å². The first-order chi connectivity index (χ1) is 15.2. The Hall–Kier alpha value is -1.56. The van der Waals surface area contributed by atoms with Gasteiger partial charge in [-0.25, -0.2) is 0 Å². The third-order valence-corrected chi connectivity index (χ3v) is 5.97. The van der Waals surface area contributed by atoms with E-state index in [2.05, 4.69) is 6.92 Å². The minimum Gasteiger partial charge on any atom is -0.302 e. The highest BCUT2D eigenvalue weighted by molar-refractivity contribution is 6.67. The Morgan fingerprint density at radius 3 is 1.69 bits per heavy atom. The van der Waals surface area contributed by atoms with Gasteiger partial charge in [0.25, 0.3) is 5.24 Å². The van der Waals surface area contributed by atoms with E-state index in [1.165, 1.54) is 75.6 Å². The van der Waals surface area contributed by atoms with Crippen molar-refractivity contribution in [1.29, 1.82) is 0 Å². The van der Waals surface area contributed by atoms with Crippen LogP contribution in [0.5, 0.6) is 0 Å². The monoisotopic (exact) mass is 475 g/mol. The lowest BCUT2D eigenvalue weighted by molar-refractivity contribution is -0.171. The molecule has 0 aliphatic carbocycles. The number of halogens is 4. The van der Waals surface area contributed by atoms with Crippen LogP contribution < -0.4 is 4.90 Å². The van der Waals surface area contributed by atoms with Crippen molar-refractivity contribution in [2.45, 2.75) is 110 Å². The van der Waals surface area contributed by atoms with Gasteiger partial charge in [-0.2, -0.15) is 13.2 Å². The van der Waals surface area contributed by atoms with Gasteiger partial charge in [-0.05, 0) is 49.2 Å². The predicted molar refractivity (Wildman–Crippen MR) is 125 cm³/mol. The number of alkyl halides is 3. The largest absolute Gasteiger partial charge is 0.471 e. The Labute approximate surface area is 195 Å². The molecule has 0 aromatic heterocycles. The van der Waals surface area contributed by atoms with Crippen LogP contribution in [-0.2, 0) is 4.79 Å². The molecule has 182 valence electrons. The smallest absolute Gasteiger partial charge is 0.302 e. The summed E-state index contributed by atoms with van der Waals surface area (Å²) in [5, 5.41) is -0.699. The first kappa shape index (κ1) is 28.5. The van der Waals surface area contributed by atoms with Crippen LogP contribution in [0.15, 0.2) is 24.3 Å². The highest BCUT2D eigenvalue weighted by Gasteiger charge is 2.44. The van der Waals surface area contributed by atoms with Crippen molar-refractivity contribution in [3.05, 3.63) is 29.8 Å². The Bertz CT molecular complexity index is 677. The van der Waals surface area contributed by atoms with E-state index in [-0.39, 0.29) is 11.3 Å². The van der Waals surface area contributed by atoms with Gasteiger partial charge in [-0.3, -0.25) is 9.59 Å². The number of hydrogen-bond acceptors (Lipinski definition) is 2. The molecule has 1 aromatic carbocycles. The number of carbonyl (C=O) groups excluding carboxylic acids is 2. The molecule has 3 nitrogen and oxygen atoms in total. The molecule has 1 atom stereocenters. The van der Waals surface area contributed by atoms with E-state index < -0.39 is 23.4 Å². The Balaban J connectivity index is 2.43. The highest BCUT2D eigenvalue weighted by atomic mass is 35.5. The molecule has 7 heteroatoms. The van der Waals surface area contributed by atoms with Crippen LogP contribution >= 0.6 is 11.6 Å². The maximum absolute atomic E-state index is 13.2. The van der Waals surface area contributed by atoms with Crippen molar-refractivity contribution >= 4 is 28.4 Å². The molecule has 0 aliphatic rings. The summed E-state index contributed by atoms with van der Waals surface area (Å²) in [6, 6.07) is 4.72. The molecule has 0 fully saturated rings. The predicted octanol–water partition coefficient (Wildman–Crippen LogP) is 8.44. The van der Waals surface area contributed by atoms with Crippen LogP contribution in [0.2, 0.25) is 0 Å². The zero-order chi connectivity index (χ0) is 24.0. The van der Waals surface area contributed by atoms with E-state index in [1.54, 1.807) is 6.92 Å². The molecule has 0 spiro atoms. The fourth-order valence-corrected chi connectivity index (χ4v) is 4.00. The number of unbranched alkanes of at least 4 members (excludes halogenated alkanes) is 11. The molecule has 0 N–H and O–H groups in total. The fraction of sp³-hybridized carbons (Fsp3) is 0.680. The molecule has 32 heavy (non-hydrogen) atoms. The summed E-state index contributed by atoms with van der Waals surface area (Å²) in [6.07, 6.45) is 9.69. The number of anilines is 1. The highest BCUT2D eigenvalue weighted by Crippen LogP contribution is 2.28. The van der Waals surface area contributed by atoms with Crippen molar-refractivity contribution in [3.63, 3.8) is 0 Å². The molecule has 0 aliphatic heterocycles. The first-order valence-corrected chi connectivity index (χ1v) is 12.3. The van der Waals surface area contributed by atoms with Gasteiger partial charge in [0, 0.05) is 17.3 Å². The van der Waals surface area contributed by atoms with Crippen LogP contribution in [0.25, 0.3) is 0 Å². The van der Waals surface area contributed by atoms with Crippen molar-refractivity contribution in [2.24, 2.45) is 0 Å². The van der Waals surface area contributed by atoms with Crippen molar-refractivity contribution in [3.8, 4) is 0 Å². The van der Waals surface area contributed by atoms with E-state index in [1.807, 2.05) is 0 Å². The van der Waals surface area contributed by atoms with E-state index in [0.29, 0.717) is 6.42 Å². The second-order valence-corrected chi connectivity index (χ2v) is 8.86.